The van der Waals surface area contributed by atoms with Gasteiger partial charge in [-0.3, -0.25) is 4.68 Å². The van der Waals surface area contributed by atoms with Crippen LogP contribution in [0.2, 0.25) is 5.02 Å². The first kappa shape index (κ1) is 20.7. The van der Waals surface area contributed by atoms with Crippen LogP contribution in [0.3, 0.4) is 0 Å². The number of aromatic carboxylic acids is 1. The van der Waals surface area contributed by atoms with Gasteiger partial charge in [0, 0.05) is 41.8 Å². The highest BCUT2D eigenvalue weighted by Gasteiger charge is 2.29. The molecular weight excluding hydrogens is 442 g/mol. The number of aromatic nitrogens is 3. The third-order valence-electron chi connectivity index (χ3n) is 4.89. The predicted molar refractivity (Wildman–Crippen MR) is 114 cm³/mol. The molecule has 148 valence electrons. The number of carboxylic acids is 1. The first-order chi connectivity index (χ1) is 13.2. The number of aryl methyl sites for hydroxylation is 2. The molecule has 0 radical (unpaired) electrons. The van der Waals surface area contributed by atoms with E-state index in [1.165, 1.54) is 0 Å². The monoisotopic (exact) mass is 463 g/mol. The summed E-state index contributed by atoms with van der Waals surface area (Å²) in [6, 6.07) is 11.4. The first-order valence-electron chi connectivity index (χ1n) is 9.08. The third-order valence-corrected chi connectivity index (χ3v) is 5.75. The standard InChI is InChI=1S/C21H23BrClN3O2/c1-12(2)26-19(22)11-18(21(27)28)20(26)17(14-5-7-15(23)8-6-14)10-16-9-13(3)24-25(16)4/h5-9,11-12,17H,10H2,1-4H3,(H,27,28). The van der Waals surface area contributed by atoms with Gasteiger partial charge >= 0.3 is 5.97 Å². The number of hydrogen-bond donors (Lipinski definition) is 1. The number of nitrogens with zero attached hydrogens (tertiary/aromatic N) is 3. The first-order valence-corrected chi connectivity index (χ1v) is 10.2. The molecule has 1 atom stereocenters. The van der Waals surface area contributed by atoms with Gasteiger partial charge in [0.2, 0.25) is 0 Å². The molecule has 0 aliphatic rings. The van der Waals surface area contributed by atoms with E-state index in [1.54, 1.807) is 6.07 Å². The van der Waals surface area contributed by atoms with Crippen molar-refractivity contribution < 1.29 is 9.90 Å². The zero-order valence-corrected chi connectivity index (χ0v) is 18.6. The molecule has 0 fully saturated rings. The lowest BCUT2D eigenvalue weighted by Crippen LogP contribution is -2.18. The Bertz CT molecular complexity index is 1010. The fraction of sp³-hybridized carbons (Fsp3) is 0.333. The second kappa shape index (κ2) is 8.13. The van der Waals surface area contributed by atoms with E-state index in [0.717, 1.165) is 27.2 Å². The van der Waals surface area contributed by atoms with Crippen LogP contribution in [-0.2, 0) is 13.5 Å². The number of carboxylic acid groups (broad SMARTS) is 1. The summed E-state index contributed by atoms with van der Waals surface area (Å²) in [5.74, 6) is -1.10. The molecule has 1 N–H and O–H groups in total. The van der Waals surface area contributed by atoms with Crippen molar-refractivity contribution in [1.82, 2.24) is 14.3 Å². The summed E-state index contributed by atoms with van der Waals surface area (Å²) < 4.78 is 4.66. The van der Waals surface area contributed by atoms with Crippen molar-refractivity contribution in [2.45, 2.75) is 39.2 Å². The van der Waals surface area contributed by atoms with Crippen molar-refractivity contribution in [2.75, 3.05) is 0 Å². The second-order valence-electron chi connectivity index (χ2n) is 7.24. The molecule has 0 amide bonds. The fourth-order valence-electron chi connectivity index (χ4n) is 3.69. The van der Waals surface area contributed by atoms with Crippen LogP contribution in [0.5, 0.6) is 0 Å². The highest BCUT2D eigenvalue weighted by Crippen LogP contribution is 2.37. The van der Waals surface area contributed by atoms with Crippen molar-refractivity contribution in [3.8, 4) is 0 Å². The van der Waals surface area contributed by atoms with E-state index in [4.69, 9.17) is 11.6 Å². The van der Waals surface area contributed by atoms with Crippen molar-refractivity contribution in [3.05, 3.63) is 74.2 Å². The van der Waals surface area contributed by atoms with Gasteiger partial charge in [0.05, 0.1) is 15.9 Å². The average Bonchev–Trinajstić information content (AvgIpc) is 3.12. The Hall–Kier alpha value is -2.05. The molecule has 3 rings (SSSR count). The third kappa shape index (κ3) is 4.03. The molecule has 5 nitrogen and oxygen atoms in total. The lowest BCUT2D eigenvalue weighted by molar-refractivity contribution is 0.0695. The maximum Gasteiger partial charge on any atom is 0.337 e. The lowest BCUT2D eigenvalue weighted by atomic mass is 9.88. The maximum absolute atomic E-state index is 12.1. The van der Waals surface area contributed by atoms with E-state index in [1.807, 2.05) is 67.4 Å². The number of hydrogen-bond acceptors (Lipinski definition) is 2. The van der Waals surface area contributed by atoms with Crippen LogP contribution in [0.1, 0.15) is 58.8 Å². The second-order valence-corrected chi connectivity index (χ2v) is 8.49. The van der Waals surface area contributed by atoms with Gasteiger partial charge in [-0.25, -0.2) is 4.79 Å². The number of benzene rings is 1. The van der Waals surface area contributed by atoms with E-state index >= 15 is 0 Å². The molecule has 0 aliphatic heterocycles. The summed E-state index contributed by atoms with van der Waals surface area (Å²) >= 11 is 9.65. The highest BCUT2D eigenvalue weighted by molar-refractivity contribution is 9.10. The van der Waals surface area contributed by atoms with Crippen molar-refractivity contribution in [3.63, 3.8) is 0 Å². The van der Waals surface area contributed by atoms with E-state index in [9.17, 15) is 9.90 Å². The van der Waals surface area contributed by atoms with Gasteiger partial charge in [-0.05, 0) is 66.5 Å². The molecule has 2 aromatic heterocycles. The van der Waals surface area contributed by atoms with Crippen molar-refractivity contribution in [2.24, 2.45) is 7.05 Å². The number of carbonyl (C=O) groups is 1. The predicted octanol–water partition coefficient (Wildman–Crippen LogP) is 5.60. The molecule has 28 heavy (non-hydrogen) atoms. The molecule has 0 saturated heterocycles. The Morgan fingerprint density at radius 3 is 2.39 bits per heavy atom. The van der Waals surface area contributed by atoms with Crippen LogP contribution in [0.25, 0.3) is 0 Å². The minimum Gasteiger partial charge on any atom is -0.478 e. The molecule has 3 aromatic rings. The van der Waals surface area contributed by atoms with Gasteiger partial charge in [0.15, 0.2) is 0 Å². The van der Waals surface area contributed by atoms with Gasteiger partial charge in [0.1, 0.15) is 0 Å². The Kier molecular flexibility index (Phi) is 6.01. The number of rotatable bonds is 6. The maximum atomic E-state index is 12.1. The molecule has 1 aromatic carbocycles. The van der Waals surface area contributed by atoms with Crippen LogP contribution in [-0.4, -0.2) is 25.4 Å². The van der Waals surface area contributed by atoms with Gasteiger partial charge in [0.25, 0.3) is 0 Å². The Balaban J connectivity index is 2.23. The van der Waals surface area contributed by atoms with E-state index in [-0.39, 0.29) is 12.0 Å². The Morgan fingerprint density at radius 1 is 1.25 bits per heavy atom. The summed E-state index contributed by atoms with van der Waals surface area (Å²) in [7, 11) is 1.91. The largest absolute Gasteiger partial charge is 0.478 e. The molecule has 0 spiro atoms. The van der Waals surface area contributed by atoms with Crippen molar-refractivity contribution in [1.29, 1.82) is 0 Å². The van der Waals surface area contributed by atoms with Crippen LogP contribution in [0, 0.1) is 6.92 Å². The Labute approximate surface area is 178 Å². The Morgan fingerprint density at radius 2 is 1.89 bits per heavy atom. The molecule has 2 heterocycles. The van der Waals surface area contributed by atoms with Gasteiger partial charge < -0.3 is 9.67 Å². The smallest absolute Gasteiger partial charge is 0.337 e. The summed E-state index contributed by atoms with van der Waals surface area (Å²) in [4.78, 5) is 12.1. The SMILES string of the molecule is Cc1cc(CC(c2ccc(Cl)cc2)c2c(C(=O)O)cc(Br)n2C(C)C)n(C)n1. The quantitative estimate of drug-likeness (QED) is 0.516. The summed E-state index contributed by atoms with van der Waals surface area (Å²) in [5.41, 5.74) is 4.07. The molecule has 0 saturated carbocycles. The van der Waals surface area contributed by atoms with Crippen LogP contribution in [0.4, 0.5) is 0 Å². The fourth-order valence-corrected chi connectivity index (χ4v) is 4.65. The van der Waals surface area contributed by atoms with E-state index < -0.39 is 5.97 Å². The average molecular weight is 465 g/mol. The molecule has 7 heteroatoms. The summed E-state index contributed by atoms with van der Waals surface area (Å²) in [6.07, 6.45) is 0.627. The topological polar surface area (TPSA) is 60.0 Å². The van der Waals surface area contributed by atoms with Crippen LogP contribution >= 0.6 is 27.5 Å². The van der Waals surface area contributed by atoms with Gasteiger partial charge in [-0.2, -0.15) is 5.10 Å². The van der Waals surface area contributed by atoms with Crippen LogP contribution < -0.4 is 0 Å². The summed E-state index contributed by atoms with van der Waals surface area (Å²) in [6.45, 7) is 6.05. The van der Waals surface area contributed by atoms with E-state index in [2.05, 4.69) is 21.0 Å². The molecule has 0 aliphatic carbocycles. The van der Waals surface area contributed by atoms with Crippen LogP contribution in [0.15, 0.2) is 41.0 Å². The lowest BCUT2D eigenvalue weighted by Gasteiger charge is -2.24. The minimum absolute atomic E-state index is 0.0977. The zero-order valence-electron chi connectivity index (χ0n) is 16.3. The van der Waals surface area contributed by atoms with Gasteiger partial charge in [-0.1, -0.05) is 23.7 Å². The highest BCUT2D eigenvalue weighted by atomic mass is 79.9. The minimum atomic E-state index is -0.935. The normalized spacial score (nSPS) is 12.5. The molecular formula is C21H23BrClN3O2. The zero-order chi connectivity index (χ0) is 20.6. The van der Waals surface area contributed by atoms with Gasteiger partial charge in [-0.15, -0.1) is 0 Å². The number of halogens is 2. The molecule has 0 bridgehead atoms. The summed E-state index contributed by atoms with van der Waals surface area (Å²) in [5, 5.41) is 15.0. The molecule has 1 unspecified atom stereocenters. The van der Waals surface area contributed by atoms with E-state index in [0.29, 0.717) is 17.0 Å². The van der Waals surface area contributed by atoms with Crippen molar-refractivity contribution >= 4 is 33.5 Å².